The number of nitrogens with zero attached hydrogens (tertiary/aromatic N) is 1. The maximum atomic E-state index is 11.9. The predicted molar refractivity (Wildman–Crippen MR) is 60.2 cm³/mol. The second-order valence-electron chi connectivity index (χ2n) is 3.87. The lowest BCUT2D eigenvalue weighted by Crippen LogP contribution is -2.46. The average molecular weight is 221 g/mol. The van der Waals surface area contributed by atoms with Crippen LogP contribution < -0.4 is 10.9 Å². The van der Waals surface area contributed by atoms with E-state index in [1.165, 1.54) is 6.07 Å². The third-order valence-corrected chi connectivity index (χ3v) is 2.67. The highest BCUT2D eigenvalue weighted by Crippen LogP contribution is 2.01. The Labute approximate surface area is 93.5 Å². The number of carbonyl (C=O) groups is 1. The molecule has 0 saturated carbocycles. The molecule has 0 bridgehead atoms. The molecule has 2 N–H and O–H groups in total. The van der Waals surface area contributed by atoms with Crippen LogP contribution >= 0.6 is 0 Å². The van der Waals surface area contributed by atoms with E-state index in [1.807, 2.05) is 4.90 Å². The molecule has 16 heavy (non-hydrogen) atoms. The van der Waals surface area contributed by atoms with Gasteiger partial charge in [0, 0.05) is 38.4 Å². The highest BCUT2D eigenvalue weighted by molar-refractivity contribution is 5.78. The standard InChI is InChI=1S/C11H15N3O2/c15-10-2-1-9(8-13-10)7-11(16)14-5-3-12-4-6-14/h1-2,8,12H,3-7H2,(H,13,15). The van der Waals surface area contributed by atoms with Crippen LogP contribution in [0.3, 0.4) is 0 Å². The van der Waals surface area contributed by atoms with E-state index in [9.17, 15) is 9.59 Å². The van der Waals surface area contributed by atoms with Crippen molar-refractivity contribution in [3.05, 3.63) is 34.2 Å². The van der Waals surface area contributed by atoms with Crippen LogP contribution in [-0.4, -0.2) is 42.0 Å². The second kappa shape index (κ2) is 4.94. The lowest BCUT2D eigenvalue weighted by atomic mass is 10.2. The first-order valence-electron chi connectivity index (χ1n) is 5.42. The first-order chi connectivity index (χ1) is 7.75. The minimum Gasteiger partial charge on any atom is -0.340 e. The molecule has 5 heteroatoms. The van der Waals surface area contributed by atoms with Crippen LogP contribution in [0.2, 0.25) is 0 Å². The molecule has 1 aromatic rings. The first-order valence-corrected chi connectivity index (χ1v) is 5.42. The fraction of sp³-hybridized carbons (Fsp3) is 0.455. The maximum Gasteiger partial charge on any atom is 0.247 e. The molecule has 86 valence electrons. The minimum absolute atomic E-state index is 0.119. The molecule has 1 aliphatic rings. The Kier molecular flexibility index (Phi) is 3.36. The van der Waals surface area contributed by atoms with Gasteiger partial charge in [-0.1, -0.05) is 6.07 Å². The van der Waals surface area contributed by atoms with Gasteiger partial charge in [-0.25, -0.2) is 0 Å². The molecule has 0 aliphatic carbocycles. The minimum atomic E-state index is -0.140. The molecule has 0 aromatic carbocycles. The van der Waals surface area contributed by atoms with Crippen LogP contribution in [0.5, 0.6) is 0 Å². The SMILES string of the molecule is O=C(Cc1ccc(=O)[nH]c1)N1CCNCC1. The lowest BCUT2D eigenvalue weighted by Gasteiger charge is -2.27. The van der Waals surface area contributed by atoms with Crippen molar-refractivity contribution in [1.29, 1.82) is 0 Å². The van der Waals surface area contributed by atoms with E-state index in [0.29, 0.717) is 6.42 Å². The van der Waals surface area contributed by atoms with Gasteiger partial charge in [-0.3, -0.25) is 9.59 Å². The van der Waals surface area contributed by atoms with Crippen molar-refractivity contribution in [2.24, 2.45) is 0 Å². The third kappa shape index (κ3) is 2.70. The summed E-state index contributed by atoms with van der Waals surface area (Å²) in [6, 6.07) is 3.14. The molecule has 1 aromatic heterocycles. The number of rotatable bonds is 2. The van der Waals surface area contributed by atoms with Crippen LogP contribution in [0.4, 0.5) is 0 Å². The van der Waals surface area contributed by atoms with Gasteiger partial charge in [0.2, 0.25) is 11.5 Å². The van der Waals surface area contributed by atoms with E-state index in [2.05, 4.69) is 10.3 Å². The molecule has 5 nitrogen and oxygen atoms in total. The van der Waals surface area contributed by atoms with Gasteiger partial charge in [0.25, 0.3) is 0 Å². The van der Waals surface area contributed by atoms with Gasteiger partial charge in [0.15, 0.2) is 0 Å². The van der Waals surface area contributed by atoms with Crippen molar-refractivity contribution < 1.29 is 4.79 Å². The smallest absolute Gasteiger partial charge is 0.247 e. The number of aromatic amines is 1. The number of hydrogen-bond donors (Lipinski definition) is 2. The van der Waals surface area contributed by atoms with E-state index in [-0.39, 0.29) is 11.5 Å². The van der Waals surface area contributed by atoms with Crippen LogP contribution in [0.1, 0.15) is 5.56 Å². The second-order valence-corrected chi connectivity index (χ2v) is 3.87. The zero-order valence-corrected chi connectivity index (χ0v) is 9.03. The highest BCUT2D eigenvalue weighted by atomic mass is 16.2. The van der Waals surface area contributed by atoms with Crippen LogP contribution in [-0.2, 0) is 11.2 Å². The zero-order chi connectivity index (χ0) is 11.4. The Morgan fingerprint density at radius 1 is 1.31 bits per heavy atom. The summed E-state index contributed by atoms with van der Waals surface area (Å²) in [5.74, 6) is 0.119. The summed E-state index contributed by atoms with van der Waals surface area (Å²) in [6.45, 7) is 3.25. The highest BCUT2D eigenvalue weighted by Gasteiger charge is 2.15. The van der Waals surface area contributed by atoms with Gasteiger partial charge >= 0.3 is 0 Å². The van der Waals surface area contributed by atoms with Gasteiger partial charge in [0.05, 0.1) is 6.42 Å². The van der Waals surface area contributed by atoms with Gasteiger partial charge in [0.1, 0.15) is 0 Å². The molecule has 1 fully saturated rings. The molecule has 1 aliphatic heterocycles. The van der Waals surface area contributed by atoms with Gasteiger partial charge in [-0.15, -0.1) is 0 Å². The van der Waals surface area contributed by atoms with Crippen molar-refractivity contribution >= 4 is 5.91 Å². The molecule has 0 radical (unpaired) electrons. The quantitative estimate of drug-likeness (QED) is 0.697. The molecule has 2 heterocycles. The molecule has 1 amide bonds. The Morgan fingerprint density at radius 2 is 2.06 bits per heavy atom. The van der Waals surface area contributed by atoms with Crippen molar-refractivity contribution in [3.63, 3.8) is 0 Å². The summed E-state index contributed by atoms with van der Waals surface area (Å²) in [7, 11) is 0. The summed E-state index contributed by atoms with van der Waals surface area (Å²) < 4.78 is 0. The largest absolute Gasteiger partial charge is 0.340 e. The molecular weight excluding hydrogens is 206 g/mol. The van der Waals surface area contributed by atoms with E-state index in [1.54, 1.807) is 12.3 Å². The normalized spacial score (nSPS) is 16.1. The topological polar surface area (TPSA) is 65.2 Å². The molecule has 1 saturated heterocycles. The zero-order valence-electron chi connectivity index (χ0n) is 9.03. The number of H-pyrrole nitrogens is 1. The summed E-state index contributed by atoms with van der Waals surface area (Å²) in [4.78, 5) is 27.1. The lowest BCUT2D eigenvalue weighted by molar-refractivity contribution is -0.131. The van der Waals surface area contributed by atoms with Crippen molar-refractivity contribution in [1.82, 2.24) is 15.2 Å². The number of hydrogen-bond acceptors (Lipinski definition) is 3. The van der Waals surface area contributed by atoms with E-state index in [0.717, 1.165) is 31.7 Å². The summed E-state index contributed by atoms with van der Waals surface area (Å²) in [5, 5.41) is 3.20. The van der Waals surface area contributed by atoms with Gasteiger partial charge in [-0.05, 0) is 5.56 Å². The maximum absolute atomic E-state index is 11.9. The number of nitrogens with one attached hydrogen (secondary N) is 2. The monoisotopic (exact) mass is 221 g/mol. The Morgan fingerprint density at radius 3 is 2.69 bits per heavy atom. The van der Waals surface area contributed by atoms with Crippen LogP contribution in [0, 0.1) is 0 Å². The molecule has 2 rings (SSSR count). The van der Waals surface area contributed by atoms with Crippen molar-refractivity contribution in [2.45, 2.75) is 6.42 Å². The number of carbonyl (C=O) groups excluding carboxylic acids is 1. The number of piperazine rings is 1. The molecule has 0 atom stereocenters. The fourth-order valence-corrected chi connectivity index (χ4v) is 1.75. The van der Waals surface area contributed by atoms with Crippen LogP contribution in [0.15, 0.2) is 23.1 Å². The summed E-state index contributed by atoms with van der Waals surface area (Å²) in [5.41, 5.74) is 0.710. The molecule has 0 unspecified atom stereocenters. The number of aromatic nitrogens is 1. The Balaban J connectivity index is 1.95. The van der Waals surface area contributed by atoms with Crippen LogP contribution in [0.25, 0.3) is 0 Å². The van der Waals surface area contributed by atoms with E-state index >= 15 is 0 Å². The summed E-state index contributed by atoms with van der Waals surface area (Å²) >= 11 is 0. The molecular formula is C11H15N3O2. The van der Waals surface area contributed by atoms with Crippen molar-refractivity contribution in [3.8, 4) is 0 Å². The van der Waals surface area contributed by atoms with Crippen molar-refractivity contribution in [2.75, 3.05) is 26.2 Å². The van der Waals surface area contributed by atoms with E-state index < -0.39 is 0 Å². The number of pyridine rings is 1. The fourth-order valence-electron chi connectivity index (χ4n) is 1.75. The predicted octanol–water partition coefficient (Wildman–Crippen LogP) is -0.651. The van der Waals surface area contributed by atoms with Gasteiger partial charge in [-0.2, -0.15) is 0 Å². The molecule has 0 spiro atoms. The number of amides is 1. The average Bonchev–Trinajstić information content (AvgIpc) is 2.33. The van der Waals surface area contributed by atoms with E-state index in [4.69, 9.17) is 0 Å². The first kappa shape index (κ1) is 10.9. The Bertz CT molecular complexity index is 401. The van der Waals surface area contributed by atoms with Gasteiger partial charge < -0.3 is 15.2 Å². The Hall–Kier alpha value is -1.62. The summed E-state index contributed by atoms with van der Waals surface area (Å²) in [6.07, 6.45) is 1.96. The third-order valence-electron chi connectivity index (χ3n) is 2.67.